The van der Waals surface area contributed by atoms with Gasteiger partial charge in [0.2, 0.25) is 0 Å². The molecule has 4 nitrogen and oxygen atoms in total. The Labute approximate surface area is 135 Å². The Morgan fingerprint density at radius 1 is 1.09 bits per heavy atom. The van der Waals surface area contributed by atoms with Gasteiger partial charge in [0, 0.05) is 6.20 Å². The van der Waals surface area contributed by atoms with Crippen LogP contribution in [0.4, 0.5) is 0 Å². The number of fused-ring (bicyclic) bond motifs is 2. The van der Waals surface area contributed by atoms with Crippen molar-refractivity contribution in [3.63, 3.8) is 0 Å². The molecule has 114 valence electrons. The highest BCUT2D eigenvalue weighted by atomic mass is 32.1. The second-order valence-corrected chi connectivity index (χ2v) is 6.23. The van der Waals surface area contributed by atoms with Gasteiger partial charge in [-0.3, -0.25) is 18.4 Å². The summed E-state index contributed by atoms with van der Waals surface area (Å²) < 4.78 is 5.04. The molecular weight excluding hydrogens is 308 g/mol. The van der Waals surface area contributed by atoms with Crippen LogP contribution in [0.25, 0.3) is 26.7 Å². The molecule has 0 aliphatic rings. The van der Waals surface area contributed by atoms with Crippen LogP contribution < -0.4 is 11.1 Å². The molecule has 0 aliphatic carbocycles. The molecule has 0 fully saturated rings. The number of H-pyrrole nitrogens is 1. The first-order valence-corrected chi connectivity index (χ1v) is 8.26. The summed E-state index contributed by atoms with van der Waals surface area (Å²) in [7, 11) is 0. The number of benzene rings is 1. The minimum atomic E-state index is -0.300. The summed E-state index contributed by atoms with van der Waals surface area (Å²) in [5, 5.41) is 0.261. The smallest absolute Gasteiger partial charge is 0.271 e. The number of rotatable bonds is 2. The molecule has 4 aromatic rings. The van der Waals surface area contributed by atoms with Crippen molar-refractivity contribution in [3.05, 3.63) is 74.9 Å². The van der Waals surface area contributed by atoms with Crippen LogP contribution in [-0.2, 0) is 6.42 Å². The van der Waals surface area contributed by atoms with E-state index in [1.165, 1.54) is 11.5 Å². The van der Waals surface area contributed by atoms with E-state index in [9.17, 15) is 9.59 Å². The third-order valence-electron chi connectivity index (χ3n) is 4.13. The first-order chi connectivity index (χ1) is 11.2. The fraction of sp³-hybridized carbons (Fsp3) is 0.111. The van der Waals surface area contributed by atoms with Crippen molar-refractivity contribution in [3.8, 4) is 11.1 Å². The van der Waals surface area contributed by atoms with E-state index < -0.39 is 0 Å². The van der Waals surface area contributed by atoms with Crippen molar-refractivity contribution in [2.75, 3.05) is 0 Å². The molecule has 0 aliphatic heterocycles. The molecule has 0 atom stereocenters. The second kappa shape index (κ2) is 5.21. The highest BCUT2D eigenvalue weighted by Crippen LogP contribution is 2.26. The standard InChI is InChI=1S/C18H14N2O2S/c1-2-13-14-10-12(11-6-4-3-5-7-11)8-9-20(14)18(22)15-16(13)23-19-17(15)21/h3-10H,2H2,1H3,(H,19,21). The molecule has 4 rings (SSSR count). The number of aryl methyl sites for hydroxylation is 1. The maximum absolute atomic E-state index is 12.6. The predicted molar refractivity (Wildman–Crippen MR) is 94.5 cm³/mol. The van der Waals surface area contributed by atoms with Gasteiger partial charge in [-0.2, -0.15) is 0 Å². The number of hydrogen-bond acceptors (Lipinski definition) is 3. The molecule has 0 spiro atoms. The molecule has 1 aromatic carbocycles. The largest absolute Gasteiger partial charge is 0.283 e. The quantitative estimate of drug-likeness (QED) is 0.615. The van der Waals surface area contributed by atoms with Crippen LogP contribution >= 0.6 is 11.5 Å². The second-order valence-electron chi connectivity index (χ2n) is 5.41. The fourth-order valence-electron chi connectivity index (χ4n) is 3.01. The minimum Gasteiger partial charge on any atom is -0.283 e. The van der Waals surface area contributed by atoms with Crippen LogP contribution in [0.5, 0.6) is 0 Å². The number of aromatic amines is 1. The van der Waals surface area contributed by atoms with Gasteiger partial charge in [-0.1, -0.05) is 48.8 Å². The maximum atomic E-state index is 12.6. The van der Waals surface area contributed by atoms with E-state index in [1.807, 2.05) is 49.4 Å². The van der Waals surface area contributed by atoms with Gasteiger partial charge in [0.1, 0.15) is 5.39 Å². The molecule has 1 N–H and O–H groups in total. The number of pyridine rings is 2. The summed E-state index contributed by atoms with van der Waals surface area (Å²) in [5.74, 6) is 0. The lowest BCUT2D eigenvalue weighted by Crippen LogP contribution is -2.19. The maximum Gasteiger partial charge on any atom is 0.271 e. The highest BCUT2D eigenvalue weighted by Gasteiger charge is 2.15. The Morgan fingerprint density at radius 2 is 1.87 bits per heavy atom. The molecule has 0 unspecified atom stereocenters. The van der Waals surface area contributed by atoms with Gasteiger partial charge < -0.3 is 0 Å². The van der Waals surface area contributed by atoms with Crippen molar-refractivity contribution in [2.24, 2.45) is 0 Å². The lowest BCUT2D eigenvalue weighted by Gasteiger charge is -2.10. The van der Waals surface area contributed by atoms with Crippen molar-refractivity contribution in [1.29, 1.82) is 0 Å². The van der Waals surface area contributed by atoms with Crippen molar-refractivity contribution < 1.29 is 0 Å². The van der Waals surface area contributed by atoms with Crippen molar-refractivity contribution >= 4 is 27.1 Å². The molecule has 0 saturated carbocycles. The zero-order chi connectivity index (χ0) is 16.0. The molecule has 3 aromatic heterocycles. The van der Waals surface area contributed by atoms with Crippen LogP contribution in [0.2, 0.25) is 0 Å². The molecular formula is C18H14N2O2S. The zero-order valence-corrected chi connectivity index (χ0v) is 13.3. The van der Waals surface area contributed by atoms with Gasteiger partial charge in [-0.15, -0.1) is 0 Å². The highest BCUT2D eigenvalue weighted by molar-refractivity contribution is 7.13. The lowest BCUT2D eigenvalue weighted by atomic mass is 10.0. The number of hydrogen-bond donors (Lipinski definition) is 1. The number of nitrogens with one attached hydrogen (secondary N) is 1. The zero-order valence-electron chi connectivity index (χ0n) is 12.5. The van der Waals surface area contributed by atoms with Crippen LogP contribution in [0.1, 0.15) is 12.5 Å². The third kappa shape index (κ3) is 2.04. The van der Waals surface area contributed by atoms with E-state index in [0.29, 0.717) is 0 Å². The Kier molecular flexibility index (Phi) is 3.16. The monoisotopic (exact) mass is 322 g/mol. The summed E-state index contributed by atoms with van der Waals surface area (Å²) >= 11 is 1.24. The fourth-order valence-corrected chi connectivity index (χ4v) is 3.96. The molecule has 0 saturated heterocycles. The summed E-state index contributed by atoms with van der Waals surface area (Å²) in [6, 6.07) is 14.0. The first-order valence-electron chi connectivity index (χ1n) is 7.44. The number of nitrogens with zero attached hydrogens (tertiary/aromatic N) is 1. The average molecular weight is 322 g/mol. The first kappa shape index (κ1) is 14.0. The minimum absolute atomic E-state index is 0.255. The SMILES string of the molecule is CCc1c2s[nH]c(=O)c2c(=O)n2ccc(-c3ccccc3)cc12. The van der Waals surface area contributed by atoms with Crippen LogP contribution in [0.15, 0.2) is 58.3 Å². The van der Waals surface area contributed by atoms with E-state index in [0.717, 1.165) is 33.3 Å². The van der Waals surface area contributed by atoms with Crippen LogP contribution in [-0.4, -0.2) is 8.77 Å². The van der Waals surface area contributed by atoms with E-state index in [1.54, 1.807) is 10.6 Å². The van der Waals surface area contributed by atoms with Crippen molar-refractivity contribution in [1.82, 2.24) is 8.77 Å². The summed E-state index contributed by atoms with van der Waals surface area (Å²) in [5.41, 5.74) is 3.50. The van der Waals surface area contributed by atoms with E-state index in [-0.39, 0.29) is 16.5 Å². The Morgan fingerprint density at radius 3 is 2.61 bits per heavy atom. The summed E-state index contributed by atoms with van der Waals surface area (Å²) in [4.78, 5) is 24.6. The Balaban J connectivity index is 2.15. The van der Waals surface area contributed by atoms with Crippen LogP contribution in [0.3, 0.4) is 0 Å². The third-order valence-corrected chi connectivity index (χ3v) is 5.07. The van der Waals surface area contributed by atoms with Gasteiger partial charge in [0.25, 0.3) is 11.1 Å². The predicted octanol–water partition coefficient (Wildman–Crippen LogP) is 3.43. The van der Waals surface area contributed by atoms with E-state index in [4.69, 9.17) is 0 Å². The average Bonchev–Trinajstić information content (AvgIpc) is 2.98. The molecule has 5 heteroatoms. The van der Waals surface area contributed by atoms with Gasteiger partial charge >= 0.3 is 0 Å². The van der Waals surface area contributed by atoms with Gasteiger partial charge in [0.05, 0.1) is 10.2 Å². The molecule has 23 heavy (non-hydrogen) atoms. The molecule has 0 amide bonds. The van der Waals surface area contributed by atoms with Gasteiger partial charge in [0.15, 0.2) is 0 Å². The number of aromatic nitrogens is 2. The Bertz CT molecular complexity index is 1140. The normalized spacial score (nSPS) is 11.3. The molecule has 3 heterocycles. The van der Waals surface area contributed by atoms with E-state index in [2.05, 4.69) is 4.37 Å². The van der Waals surface area contributed by atoms with Crippen LogP contribution in [0, 0.1) is 0 Å². The lowest BCUT2D eigenvalue weighted by molar-refractivity contribution is 1.07. The summed E-state index contributed by atoms with van der Waals surface area (Å²) in [6.45, 7) is 2.04. The van der Waals surface area contributed by atoms with Gasteiger partial charge in [-0.05, 0) is 35.2 Å². The molecule has 0 radical (unpaired) electrons. The van der Waals surface area contributed by atoms with Crippen molar-refractivity contribution in [2.45, 2.75) is 13.3 Å². The van der Waals surface area contributed by atoms with E-state index >= 15 is 0 Å². The topological polar surface area (TPSA) is 54.3 Å². The summed E-state index contributed by atoms with van der Waals surface area (Å²) in [6.07, 6.45) is 2.52. The van der Waals surface area contributed by atoms with Gasteiger partial charge in [-0.25, -0.2) is 0 Å². The Hall–Kier alpha value is -2.66. The molecule has 0 bridgehead atoms.